The van der Waals surface area contributed by atoms with E-state index in [9.17, 15) is 10.1 Å². The third kappa shape index (κ3) is 6.18. The molecule has 1 saturated heterocycles. The molecule has 2 heterocycles. The molecule has 3 aromatic rings. The fourth-order valence-electron chi connectivity index (χ4n) is 3.51. The lowest BCUT2D eigenvalue weighted by Gasteiger charge is -2.26. The average molecular weight is 450 g/mol. The molecule has 9 heteroatoms. The fraction of sp³-hybridized carbons (Fsp3) is 0.292. The molecule has 0 atom stereocenters. The standard InChI is InChI=1S/C24H26N4O5/c25-24-23(33-17-18-2-1-3-20(16-18)28(29)30)9-8-22(26-24)19-4-6-21(7-5-19)32-15-12-27-10-13-31-14-11-27/h1-9,16H,10-15,17H2,(H2,25,26). The van der Waals surface area contributed by atoms with Crippen molar-refractivity contribution in [1.82, 2.24) is 9.88 Å². The van der Waals surface area contributed by atoms with E-state index in [1.165, 1.54) is 12.1 Å². The zero-order chi connectivity index (χ0) is 23.0. The van der Waals surface area contributed by atoms with Crippen LogP contribution in [0.2, 0.25) is 0 Å². The molecule has 2 N–H and O–H groups in total. The van der Waals surface area contributed by atoms with E-state index in [4.69, 9.17) is 19.9 Å². The van der Waals surface area contributed by atoms with E-state index in [2.05, 4.69) is 9.88 Å². The Morgan fingerprint density at radius 2 is 1.85 bits per heavy atom. The molecule has 1 fully saturated rings. The van der Waals surface area contributed by atoms with Crippen LogP contribution in [0.15, 0.2) is 60.7 Å². The summed E-state index contributed by atoms with van der Waals surface area (Å²) in [5.74, 6) is 1.48. The van der Waals surface area contributed by atoms with Crippen LogP contribution in [0.4, 0.5) is 11.5 Å². The van der Waals surface area contributed by atoms with Gasteiger partial charge in [0.2, 0.25) is 0 Å². The summed E-state index contributed by atoms with van der Waals surface area (Å²) >= 11 is 0. The van der Waals surface area contributed by atoms with Crippen molar-refractivity contribution in [3.05, 3.63) is 76.3 Å². The molecule has 0 amide bonds. The van der Waals surface area contributed by atoms with Gasteiger partial charge in [-0.2, -0.15) is 0 Å². The molecule has 1 aromatic heterocycles. The highest BCUT2D eigenvalue weighted by atomic mass is 16.6. The maximum Gasteiger partial charge on any atom is 0.269 e. The smallest absolute Gasteiger partial charge is 0.269 e. The number of benzene rings is 2. The van der Waals surface area contributed by atoms with Crippen LogP contribution in [-0.4, -0.2) is 54.3 Å². The third-order valence-corrected chi connectivity index (χ3v) is 5.33. The van der Waals surface area contributed by atoms with Gasteiger partial charge >= 0.3 is 0 Å². The van der Waals surface area contributed by atoms with Crippen LogP contribution in [0.1, 0.15) is 5.56 Å². The lowest BCUT2D eigenvalue weighted by molar-refractivity contribution is -0.384. The van der Waals surface area contributed by atoms with E-state index in [-0.39, 0.29) is 18.1 Å². The molecular formula is C24H26N4O5. The molecule has 0 bridgehead atoms. The Balaban J connectivity index is 1.32. The van der Waals surface area contributed by atoms with Gasteiger partial charge in [0.05, 0.1) is 23.8 Å². The van der Waals surface area contributed by atoms with E-state index < -0.39 is 4.92 Å². The molecule has 172 valence electrons. The van der Waals surface area contributed by atoms with Gasteiger partial charge in [-0.25, -0.2) is 4.98 Å². The van der Waals surface area contributed by atoms with Crippen molar-refractivity contribution in [2.45, 2.75) is 6.61 Å². The molecule has 33 heavy (non-hydrogen) atoms. The SMILES string of the molecule is Nc1nc(-c2ccc(OCCN3CCOCC3)cc2)ccc1OCc1cccc([N+](=O)[O-])c1. The first-order valence-corrected chi connectivity index (χ1v) is 10.7. The number of aromatic nitrogens is 1. The number of non-ortho nitro benzene ring substituents is 1. The van der Waals surface area contributed by atoms with Gasteiger partial charge in [0, 0.05) is 37.3 Å². The van der Waals surface area contributed by atoms with Gasteiger partial charge < -0.3 is 19.9 Å². The van der Waals surface area contributed by atoms with Crippen molar-refractivity contribution in [3.63, 3.8) is 0 Å². The fourth-order valence-corrected chi connectivity index (χ4v) is 3.51. The molecule has 4 rings (SSSR count). The molecule has 0 unspecified atom stereocenters. The van der Waals surface area contributed by atoms with Crippen molar-refractivity contribution < 1.29 is 19.1 Å². The summed E-state index contributed by atoms with van der Waals surface area (Å²) in [4.78, 5) is 17.2. The van der Waals surface area contributed by atoms with Crippen LogP contribution in [0, 0.1) is 10.1 Å². The Labute approximate surface area is 191 Å². The van der Waals surface area contributed by atoms with Crippen LogP contribution in [-0.2, 0) is 11.3 Å². The Kier molecular flexibility index (Phi) is 7.33. The highest BCUT2D eigenvalue weighted by Crippen LogP contribution is 2.27. The van der Waals surface area contributed by atoms with Crippen molar-refractivity contribution >= 4 is 11.5 Å². The minimum Gasteiger partial charge on any atom is -0.492 e. The number of anilines is 1. The van der Waals surface area contributed by atoms with E-state index >= 15 is 0 Å². The van der Waals surface area contributed by atoms with Crippen molar-refractivity contribution in [2.24, 2.45) is 0 Å². The monoisotopic (exact) mass is 450 g/mol. The molecule has 1 aliphatic rings. The Bertz CT molecular complexity index is 1080. The number of pyridine rings is 1. The van der Waals surface area contributed by atoms with E-state index in [0.29, 0.717) is 17.9 Å². The highest BCUT2D eigenvalue weighted by Gasteiger charge is 2.11. The number of nitrogen functional groups attached to an aromatic ring is 1. The summed E-state index contributed by atoms with van der Waals surface area (Å²) in [6.45, 7) is 5.11. The number of rotatable bonds is 9. The average Bonchev–Trinajstić information content (AvgIpc) is 2.84. The maximum atomic E-state index is 10.9. The van der Waals surface area contributed by atoms with E-state index in [1.807, 2.05) is 30.3 Å². The van der Waals surface area contributed by atoms with Crippen LogP contribution in [0.3, 0.4) is 0 Å². The number of ether oxygens (including phenoxy) is 3. The molecule has 1 aliphatic heterocycles. The first kappa shape index (κ1) is 22.5. The first-order valence-electron chi connectivity index (χ1n) is 10.7. The molecule has 0 saturated carbocycles. The maximum absolute atomic E-state index is 10.9. The minimum atomic E-state index is -0.436. The number of nitrogens with zero attached hydrogens (tertiary/aromatic N) is 3. The number of hydrogen-bond donors (Lipinski definition) is 1. The molecule has 2 aromatic carbocycles. The second-order valence-electron chi connectivity index (χ2n) is 7.62. The van der Waals surface area contributed by atoms with Gasteiger partial charge in [-0.05, 0) is 42.0 Å². The van der Waals surface area contributed by atoms with Gasteiger partial charge in [-0.15, -0.1) is 0 Å². The topological polar surface area (TPSA) is 113 Å². The summed E-state index contributed by atoms with van der Waals surface area (Å²) in [7, 11) is 0. The van der Waals surface area contributed by atoms with E-state index in [0.717, 1.165) is 49.9 Å². The summed E-state index contributed by atoms with van der Waals surface area (Å²) in [5.41, 5.74) is 8.41. The third-order valence-electron chi connectivity index (χ3n) is 5.33. The normalized spacial score (nSPS) is 14.1. The predicted molar refractivity (Wildman–Crippen MR) is 124 cm³/mol. The van der Waals surface area contributed by atoms with Gasteiger partial charge in [0.1, 0.15) is 19.0 Å². The molecule has 0 spiro atoms. The summed E-state index contributed by atoms with van der Waals surface area (Å²) in [6.07, 6.45) is 0. The van der Waals surface area contributed by atoms with Crippen LogP contribution in [0.25, 0.3) is 11.3 Å². The number of hydrogen-bond acceptors (Lipinski definition) is 8. The number of nitro groups is 1. The van der Waals surface area contributed by atoms with Crippen molar-refractivity contribution in [2.75, 3.05) is 45.2 Å². The number of nitrogens with two attached hydrogens (primary N) is 1. The molecule has 9 nitrogen and oxygen atoms in total. The van der Waals surface area contributed by atoms with Crippen molar-refractivity contribution in [1.29, 1.82) is 0 Å². The summed E-state index contributed by atoms with van der Waals surface area (Å²) < 4.78 is 16.9. The van der Waals surface area contributed by atoms with Crippen LogP contribution >= 0.6 is 0 Å². The summed E-state index contributed by atoms with van der Waals surface area (Å²) in [5, 5.41) is 10.9. The van der Waals surface area contributed by atoms with Crippen LogP contribution < -0.4 is 15.2 Å². The second-order valence-corrected chi connectivity index (χ2v) is 7.62. The Morgan fingerprint density at radius 1 is 1.06 bits per heavy atom. The van der Waals surface area contributed by atoms with E-state index in [1.54, 1.807) is 18.2 Å². The molecule has 0 radical (unpaired) electrons. The summed E-state index contributed by atoms with van der Waals surface area (Å²) in [6, 6.07) is 17.6. The number of nitro benzene ring substituents is 1. The second kappa shape index (κ2) is 10.8. The van der Waals surface area contributed by atoms with Gasteiger partial charge in [-0.3, -0.25) is 15.0 Å². The van der Waals surface area contributed by atoms with Gasteiger partial charge in [0.15, 0.2) is 11.6 Å². The van der Waals surface area contributed by atoms with Gasteiger partial charge in [0.25, 0.3) is 5.69 Å². The predicted octanol–water partition coefficient (Wildman–Crippen LogP) is 3.53. The zero-order valence-corrected chi connectivity index (χ0v) is 18.2. The van der Waals surface area contributed by atoms with Crippen LogP contribution in [0.5, 0.6) is 11.5 Å². The Morgan fingerprint density at radius 3 is 2.58 bits per heavy atom. The lowest BCUT2D eigenvalue weighted by Crippen LogP contribution is -2.38. The first-order chi connectivity index (χ1) is 16.1. The van der Waals surface area contributed by atoms with Crippen molar-refractivity contribution in [3.8, 4) is 22.8 Å². The molecule has 0 aliphatic carbocycles. The number of morpholine rings is 1. The van der Waals surface area contributed by atoms with Gasteiger partial charge in [-0.1, -0.05) is 12.1 Å². The lowest BCUT2D eigenvalue weighted by atomic mass is 10.1. The highest BCUT2D eigenvalue weighted by molar-refractivity contribution is 5.64. The molecular weight excluding hydrogens is 424 g/mol. The minimum absolute atomic E-state index is 0.0195. The zero-order valence-electron chi connectivity index (χ0n) is 18.2. The quantitative estimate of drug-likeness (QED) is 0.389. The Hall–Kier alpha value is -3.69. The largest absolute Gasteiger partial charge is 0.492 e.